The number of benzene rings is 2. The van der Waals surface area contributed by atoms with Crippen LogP contribution in [0.2, 0.25) is 0 Å². The lowest BCUT2D eigenvalue weighted by Crippen LogP contribution is -2.39. The number of pyridine rings is 1. The highest BCUT2D eigenvalue weighted by Gasteiger charge is 2.25. The molecule has 0 atom stereocenters. The molecule has 3 aromatic rings. The van der Waals surface area contributed by atoms with E-state index in [9.17, 15) is 4.79 Å². The summed E-state index contributed by atoms with van der Waals surface area (Å²) in [5.74, 6) is 1.38. The Bertz CT molecular complexity index is 1040. The van der Waals surface area contributed by atoms with Gasteiger partial charge in [0.1, 0.15) is 18.1 Å². The number of aromatic nitrogens is 1. The summed E-state index contributed by atoms with van der Waals surface area (Å²) in [7, 11) is 0. The van der Waals surface area contributed by atoms with Crippen molar-refractivity contribution >= 4 is 16.7 Å². The molecule has 0 spiro atoms. The fraction of sp³-hybridized carbons (Fsp3) is 0.360. The zero-order valence-electron chi connectivity index (χ0n) is 17.8. The topological polar surface area (TPSA) is 86.5 Å². The van der Waals surface area contributed by atoms with Crippen molar-refractivity contribution in [2.24, 2.45) is 5.73 Å². The first kappa shape index (κ1) is 21.1. The molecular weight excluding hydrogens is 390 g/mol. The number of nitrogens with two attached hydrogens (primary N) is 1. The maximum Gasteiger partial charge on any atom is 0.255 e. The minimum absolute atomic E-state index is 0.0957. The third kappa shape index (κ3) is 5.14. The number of amides is 1. The van der Waals surface area contributed by atoms with E-state index in [1.165, 1.54) is 0 Å². The highest BCUT2D eigenvalue weighted by Crippen LogP contribution is 2.30. The van der Waals surface area contributed by atoms with E-state index in [2.05, 4.69) is 10.3 Å². The number of hydrogen-bond donors (Lipinski definition) is 2. The van der Waals surface area contributed by atoms with Crippen molar-refractivity contribution < 1.29 is 14.3 Å². The minimum Gasteiger partial charge on any atom is -0.491 e. The van der Waals surface area contributed by atoms with Gasteiger partial charge in [0, 0.05) is 35.8 Å². The number of ether oxygens (including phenoxy) is 2. The van der Waals surface area contributed by atoms with E-state index in [0.29, 0.717) is 24.5 Å². The molecule has 0 radical (unpaired) electrons. The monoisotopic (exact) mass is 419 g/mol. The fourth-order valence-electron chi connectivity index (χ4n) is 4.08. The zero-order chi connectivity index (χ0) is 21.6. The molecule has 0 saturated heterocycles. The van der Waals surface area contributed by atoms with E-state index in [1.54, 1.807) is 6.20 Å². The molecule has 1 heterocycles. The summed E-state index contributed by atoms with van der Waals surface area (Å²) in [6.07, 6.45) is 7.35. The van der Waals surface area contributed by atoms with Gasteiger partial charge in [-0.15, -0.1) is 0 Å². The summed E-state index contributed by atoms with van der Waals surface area (Å²) in [6.45, 7) is 2.76. The number of aryl methyl sites for hydroxylation is 1. The highest BCUT2D eigenvalue weighted by atomic mass is 16.5. The molecule has 31 heavy (non-hydrogen) atoms. The largest absolute Gasteiger partial charge is 0.491 e. The molecule has 0 aliphatic heterocycles. The quantitative estimate of drug-likeness (QED) is 0.604. The molecule has 1 saturated carbocycles. The Morgan fingerprint density at radius 3 is 2.77 bits per heavy atom. The molecule has 0 bridgehead atoms. The second-order valence-corrected chi connectivity index (χ2v) is 8.05. The van der Waals surface area contributed by atoms with Crippen molar-refractivity contribution in [3.05, 3.63) is 66.0 Å². The fourth-order valence-corrected chi connectivity index (χ4v) is 4.08. The van der Waals surface area contributed by atoms with Gasteiger partial charge in [-0.3, -0.25) is 9.78 Å². The first-order valence-electron chi connectivity index (χ1n) is 10.9. The Kier molecular flexibility index (Phi) is 6.67. The summed E-state index contributed by atoms with van der Waals surface area (Å²) in [5.41, 5.74) is 7.13. The van der Waals surface area contributed by atoms with Gasteiger partial charge >= 0.3 is 0 Å². The predicted octanol–water partition coefficient (Wildman–Crippen LogP) is 4.00. The van der Waals surface area contributed by atoms with Gasteiger partial charge in [0.25, 0.3) is 5.91 Å². The van der Waals surface area contributed by atoms with Gasteiger partial charge in [-0.05, 0) is 56.9 Å². The van der Waals surface area contributed by atoms with Gasteiger partial charge < -0.3 is 20.5 Å². The Hall–Kier alpha value is -3.12. The van der Waals surface area contributed by atoms with Crippen LogP contribution >= 0.6 is 0 Å². The van der Waals surface area contributed by atoms with Gasteiger partial charge in [0.15, 0.2) is 0 Å². The molecule has 162 valence electrons. The van der Waals surface area contributed by atoms with Crippen LogP contribution in [0.5, 0.6) is 11.5 Å². The van der Waals surface area contributed by atoms with Crippen LogP contribution in [-0.2, 0) is 0 Å². The van der Waals surface area contributed by atoms with Crippen LogP contribution in [0.3, 0.4) is 0 Å². The van der Waals surface area contributed by atoms with Gasteiger partial charge in [-0.25, -0.2) is 0 Å². The third-order valence-electron chi connectivity index (χ3n) is 5.70. The number of nitrogens with one attached hydrogen (secondary N) is 1. The summed E-state index contributed by atoms with van der Waals surface area (Å²) in [6, 6.07) is 13.8. The Morgan fingerprint density at radius 1 is 1.13 bits per heavy atom. The second-order valence-electron chi connectivity index (χ2n) is 8.05. The van der Waals surface area contributed by atoms with Crippen LogP contribution in [-0.4, -0.2) is 36.2 Å². The molecule has 1 aliphatic carbocycles. The van der Waals surface area contributed by atoms with Gasteiger partial charge in [-0.2, -0.15) is 0 Å². The van der Waals surface area contributed by atoms with Gasteiger partial charge in [0.2, 0.25) is 0 Å². The smallest absolute Gasteiger partial charge is 0.255 e. The van der Waals surface area contributed by atoms with Gasteiger partial charge in [-0.1, -0.05) is 23.8 Å². The van der Waals surface area contributed by atoms with E-state index >= 15 is 0 Å². The van der Waals surface area contributed by atoms with Crippen LogP contribution in [0.25, 0.3) is 10.8 Å². The Labute approximate surface area is 182 Å². The zero-order valence-corrected chi connectivity index (χ0v) is 17.8. The molecule has 1 aliphatic rings. The number of fused-ring (bicyclic) bond motifs is 1. The van der Waals surface area contributed by atoms with Crippen LogP contribution in [0.15, 0.2) is 54.9 Å². The molecule has 1 fully saturated rings. The maximum absolute atomic E-state index is 12.9. The molecule has 4 rings (SSSR count). The van der Waals surface area contributed by atoms with E-state index in [-0.39, 0.29) is 18.1 Å². The summed E-state index contributed by atoms with van der Waals surface area (Å²) in [5, 5.41) is 5.34. The summed E-state index contributed by atoms with van der Waals surface area (Å²) >= 11 is 0. The first-order valence-corrected chi connectivity index (χ1v) is 10.9. The van der Waals surface area contributed by atoms with Crippen molar-refractivity contribution in [1.82, 2.24) is 10.3 Å². The molecule has 0 unspecified atom stereocenters. The molecule has 1 amide bonds. The van der Waals surface area contributed by atoms with Crippen LogP contribution in [0, 0.1) is 6.92 Å². The van der Waals surface area contributed by atoms with Crippen molar-refractivity contribution in [2.45, 2.75) is 44.8 Å². The number of nitrogens with zero attached hydrogens (tertiary/aromatic N) is 1. The number of rotatable bonds is 7. The summed E-state index contributed by atoms with van der Waals surface area (Å²) in [4.78, 5) is 17.1. The van der Waals surface area contributed by atoms with Crippen molar-refractivity contribution in [3.63, 3.8) is 0 Å². The standard InChI is InChI=1S/C25H29N3O3/c1-17-5-10-23(30-14-12-26)22(15-17)25(29)28-19-6-8-20(9-7-19)31-24-4-2-3-18-16-27-13-11-21(18)24/h2-5,10-11,13,15-16,19-20H,6-9,12,14,26H2,1H3,(H,28,29). The molecule has 3 N–H and O–H groups in total. The number of hydrogen-bond acceptors (Lipinski definition) is 5. The minimum atomic E-state index is -0.0957. The normalized spacial score (nSPS) is 18.5. The first-order chi connectivity index (χ1) is 15.1. The average molecular weight is 420 g/mol. The number of carbonyl (C=O) groups is 1. The molecule has 6 nitrogen and oxygen atoms in total. The average Bonchev–Trinajstić information content (AvgIpc) is 2.80. The predicted molar refractivity (Wildman–Crippen MR) is 122 cm³/mol. The van der Waals surface area contributed by atoms with Crippen LogP contribution < -0.4 is 20.5 Å². The van der Waals surface area contributed by atoms with Crippen LogP contribution in [0.4, 0.5) is 0 Å². The van der Waals surface area contributed by atoms with E-state index in [1.807, 2.05) is 55.6 Å². The van der Waals surface area contributed by atoms with E-state index < -0.39 is 0 Å². The molecular formula is C25H29N3O3. The third-order valence-corrected chi connectivity index (χ3v) is 5.70. The Balaban J connectivity index is 1.35. The Morgan fingerprint density at radius 2 is 1.97 bits per heavy atom. The highest BCUT2D eigenvalue weighted by molar-refractivity contribution is 5.97. The second kappa shape index (κ2) is 9.79. The molecule has 1 aromatic heterocycles. The number of carbonyl (C=O) groups excluding carboxylic acids is 1. The van der Waals surface area contributed by atoms with E-state index in [4.69, 9.17) is 15.2 Å². The molecule has 2 aromatic carbocycles. The SMILES string of the molecule is Cc1ccc(OCCN)c(C(=O)NC2CCC(Oc3cccc4cnccc34)CC2)c1. The lowest BCUT2D eigenvalue weighted by molar-refractivity contribution is 0.0891. The van der Waals surface area contributed by atoms with E-state index in [0.717, 1.165) is 47.8 Å². The lowest BCUT2D eigenvalue weighted by Gasteiger charge is -2.30. The molecule has 6 heteroatoms. The van der Waals surface area contributed by atoms with Crippen molar-refractivity contribution in [2.75, 3.05) is 13.2 Å². The van der Waals surface area contributed by atoms with Crippen molar-refractivity contribution in [3.8, 4) is 11.5 Å². The lowest BCUT2D eigenvalue weighted by atomic mass is 9.92. The maximum atomic E-state index is 12.9. The van der Waals surface area contributed by atoms with Crippen LogP contribution in [0.1, 0.15) is 41.6 Å². The summed E-state index contributed by atoms with van der Waals surface area (Å²) < 4.78 is 12.0. The van der Waals surface area contributed by atoms with Gasteiger partial charge in [0.05, 0.1) is 11.7 Å². The van der Waals surface area contributed by atoms with Crippen molar-refractivity contribution in [1.29, 1.82) is 0 Å².